The van der Waals surface area contributed by atoms with E-state index in [1.165, 1.54) is 20.6 Å². The highest BCUT2D eigenvalue weighted by molar-refractivity contribution is 7.13. The lowest BCUT2D eigenvalue weighted by molar-refractivity contribution is 0.823. The number of aryl methyl sites for hydroxylation is 3. The molecule has 0 radical (unpaired) electrons. The summed E-state index contributed by atoms with van der Waals surface area (Å²) in [5.74, 6) is 0.590. The van der Waals surface area contributed by atoms with Crippen molar-refractivity contribution in [2.24, 2.45) is 0 Å². The molecule has 0 saturated carbocycles. The first-order valence-electron chi connectivity index (χ1n) is 6.12. The fourth-order valence-corrected chi connectivity index (χ4v) is 2.65. The summed E-state index contributed by atoms with van der Waals surface area (Å²) in [5.41, 5.74) is 1.64. The Morgan fingerprint density at radius 2 is 1.75 bits per heavy atom. The van der Waals surface area contributed by atoms with Crippen molar-refractivity contribution >= 4 is 11.3 Å². The fraction of sp³-hybridized carbons (Fsp3) is 0.231. The number of benzene rings is 1. The first-order chi connectivity index (χ1) is 9.56. The molecular formula is C13H13N5OS. The van der Waals surface area contributed by atoms with E-state index in [1.54, 1.807) is 6.92 Å². The van der Waals surface area contributed by atoms with Gasteiger partial charge in [0.2, 0.25) is 5.13 Å². The molecule has 0 spiro atoms. The molecule has 0 atom stereocenters. The topological polar surface area (TPSA) is 65.6 Å². The van der Waals surface area contributed by atoms with Gasteiger partial charge in [0.15, 0.2) is 0 Å². The molecule has 3 aromatic rings. The smallest absolute Gasteiger partial charge is 0.245 e. The average Bonchev–Trinajstić information content (AvgIpc) is 2.95. The van der Waals surface area contributed by atoms with Crippen molar-refractivity contribution in [3.8, 4) is 10.8 Å². The second kappa shape index (κ2) is 4.68. The van der Waals surface area contributed by atoms with Gasteiger partial charge in [0.1, 0.15) is 10.8 Å². The second-order valence-corrected chi connectivity index (χ2v) is 5.68. The summed E-state index contributed by atoms with van der Waals surface area (Å²) in [4.78, 5) is 12.5. The lowest BCUT2D eigenvalue weighted by Crippen LogP contribution is -2.22. The highest BCUT2D eigenvalue weighted by atomic mass is 32.1. The van der Waals surface area contributed by atoms with E-state index in [-0.39, 0.29) is 5.69 Å². The maximum Gasteiger partial charge on any atom is 0.357 e. The lowest BCUT2D eigenvalue weighted by atomic mass is 10.2. The molecule has 6 nitrogen and oxygen atoms in total. The summed E-state index contributed by atoms with van der Waals surface area (Å²) in [5, 5.41) is 13.6. The Kier molecular flexibility index (Phi) is 2.98. The molecule has 2 aromatic heterocycles. The van der Waals surface area contributed by atoms with Crippen LogP contribution in [0.4, 0.5) is 0 Å². The predicted octanol–water partition coefficient (Wildman–Crippen LogP) is 1.80. The largest absolute Gasteiger partial charge is 0.357 e. The van der Waals surface area contributed by atoms with Gasteiger partial charge in [-0.1, -0.05) is 29.0 Å². The van der Waals surface area contributed by atoms with Crippen LogP contribution < -0.4 is 5.69 Å². The van der Waals surface area contributed by atoms with Crippen molar-refractivity contribution in [3.63, 3.8) is 0 Å². The summed E-state index contributed by atoms with van der Waals surface area (Å²) >= 11 is 1.37. The highest BCUT2D eigenvalue weighted by Gasteiger charge is 2.15. The van der Waals surface area contributed by atoms with Gasteiger partial charge in [0, 0.05) is 0 Å². The summed E-state index contributed by atoms with van der Waals surface area (Å²) in [6.45, 7) is 5.63. The molecule has 0 aliphatic heterocycles. The molecular weight excluding hydrogens is 274 g/mol. The zero-order valence-corrected chi connectivity index (χ0v) is 12.2. The molecule has 0 saturated heterocycles. The Bertz CT molecular complexity index is 812. The normalized spacial score (nSPS) is 10.9. The third-order valence-electron chi connectivity index (χ3n) is 2.93. The fourth-order valence-electron chi connectivity index (χ4n) is 1.92. The van der Waals surface area contributed by atoms with Crippen LogP contribution in [0.2, 0.25) is 0 Å². The van der Waals surface area contributed by atoms with Crippen molar-refractivity contribution in [2.75, 3.05) is 0 Å². The van der Waals surface area contributed by atoms with Crippen molar-refractivity contribution < 1.29 is 0 Å². The summed E-state index contributed by atoms with van der Waals surface area (Å²) in [6.07, 6.45) is 0. The SMILES string of the molecule is Cc1ccc(-n2nc(C)n(-c3nnc(C)s3)c2=O)cc1. The average molecular weight is 287 g/mol. The zero-order valence-electron chi connectivity index (χ0n) is 11.4. The molecule has 0 amide bonds. The van der Waals surface area contributed by atoms with Crippen LogP contribution in [0.5, 0.6) is 0 Å². The van der Waals surface area contributed by atoms with Gasteiger partial charge in [-0.2, -0.15) is 4.68 Å². The summed E-state index contributed by atoms with van der Waals surface area (Å²) in [7, 11) is 0. The Hall–Kier alpha value is -2.28. The van der Waals surface area contributed by atoms with Crippen molar-refractivity contribution in [2.45, 2.75) is 20.8 Å². The van der Waals surface area contributed by atoms with Crippen molar-refractivity contribution in [3.05, 3.63) is 51.1 Å². The minimum absolute atomic E-state index is 0.234. The second-order valence-electron chi connectivity index (χ2n) is 4.52. The van der Waals surface area contributed by atoms with Crippen LogP contribution in [-0.4, -0.2) is 24.5 Å². The van der Waals surface area contributed by atoms with Crippen LogP contribution in [-0.2, 0) is 0 Å². The standard InChI is InChI=1S/C13H13N5OS/c1-8-4-6-11(7-5-8)18-13(19)17(9(2)16-18)12-15-14-10(3)20-12/h4-7H,1-3H3. The van der Waals surface area contributed by atoms with Gasteiger partial charge >= 0.3 is 5.69 Å². The van der Waals surface area contributed by atoms with Gasteiger partial charge in [-0.25, -0.2) is 9.36 Å². The minimum atomic E-state index is -0.234. The third-order valence-corrected chi connectivity index (χ3v) is 3.75. The molecule has 0 N–H and O–H groups in total. The lowest BCUT2D eigenvalue weighted by Gasteiger charge is -1.99. The summed E-state index contributed by atoms with van der Waals surface area (Å²) in [6, 6.07) is 7.65. The number of nitrogens with zero attached hydrogens (tertiary/aromatic N) is 5. The Balaban J connectivity index is 2.16. The third kappa shape index (κ3) is 2.05. The maximum atomic E-state index is 12.5. The van der Waals surface area contributed by atoms with E-state index in [9.17, 15) is 4.79 Å². The van der Waals surface area contributed by atoms with Crippen LogP contribution >= 0.6 is 11.3 Å². The van der Waals surface area contributed by atoms with Crippen LogP contribution in [0.3, 0.4) is 0 Å². The monoisotopic (exact) mass is 287 g/mol. The molecule has 3 rings (SSSR count). The van der Waals surface area contributed by atoms with Gasteiger partial charge in [-0.15, -0.1) is 15.3 Å². The van der Waals surface area contributed by atoms with E-state index in [1.807, 2.05) is 38.1 Å². The molecule has 1 aromatic carbocycles. The maximum absolute atomic E-state index is 12.5. The summed E-state index contributed by atoms with van der Waals surface area (Å²) < 4.78 is 2.86. The zero-order chi connectivity index (χ0) is 14.3. The molecule has 0 bridgehead atoms. The molecule has 0 aliphatic carbocycles. The van der Waals surface area contributed by atoms with Gasteiger partial charge in [-0.3, -0.25) is 0 Å². The minimum Gasteiger partial charge on any atom is -0.245 e. The van der Waals surface area contributed by atoms with Gasteiger partial charge in [-0.05, 0) is 32.9 Å². The number of aromatic nitrogens is 5. The number of hydrogen-bond acceptors (Lipinski definition) is 5. The van der Waals surface area contributed by atoms with E-state index in [4.69, 9.17) is 0 Å². The van der Waals surface area contributed by atoms with Crippen molar-refractivity contribution in [1.82, 2.24) is 24.5 Å². The molecule has 0 unspecified atom stereocenters. The predicted molar refractivity (Wildman–Crippen MR) is 76.8 cm³/mol. The first-order valence-corrected chi connectivity index (χ1v) is 6.94. The highest BCUT2D eigenvalue weighted by Crippen LogP contribution is 2.14. The molecule has 2 heterocycles. The van der Waals surface area contributed by atoms with E-state index < -0.39 is 0 Å². The van der Waals surface area contributed by atoms with E-state index >= 15 is 0 Å². The van der Waals surface area contributed by atoms with Gasteiger partial charge in [0.25, 0.3) is 0 Å². The molecule has 0 aliphatic rings. The molecule has 102 valence electrons. The Morgan fingerprint density at radius 3 is 2.35 bits per heavy atom. The molecule has 20 heavy (non-hydrogen) atoms. The van der Waals surface area contributed by atoms with Crippen LogP contribution in [0.1, 0.15) is 16.4 Å². The van der Waals surface area contributed by atoms with Crippen LogP contribution in [0.15, 0.2) is 29.1 Å². The molecule has 0 fully saturated rings. The van der Waals surface area contributed by atoms with Crippen molar-refractivity contribution in [1.29, 1.82) is 0 Å². The van der Waals surface area contributed by atoms with E-state index in [0.717, 1.165) is 16.3 Å². The molecule has 7 heteroatoms. The Morgan fingerprint density at radius 1 is 1.05 bits per heavy atom. The number of rotatable bonds is 2. The van der Waals surface area contributed by atoms with E-state index in [2.05, 4.69) is 15.3 Å². The van der Waals surface area contributed by atoms with Crippen LogP contribution in [0, 0.1) is 20.8 Å². The Labute approximate surface area is 119 Å². The van der Waals surface area contributed by atoms with Gasteiger partial charge in [0.05, 0.1) is 5.69 Å². The quantitative estimate of drug-likeness (QED) is 0.721. The van der Waals surface area contributed by atoms with Gasteiger partial charge < -0.3 is 0 Å². The van der Waals surface area contributed by atoms with E-state index in [0.29, 0.717) is 11.0 Å². The number of hydrogen-bond donors (Lipinski definition) is 0. The first kappa shape index (κ1) is 12.7. The van der Waals surface area contributed by atoms with Crippen LogP contribution in [0.25, 0.3) is 10.8 Å².